The Labute approximate surface area is 193 Å². The molecule has 1 aliphatic heterocycles. The molecule has 0 saturated heterocycles. The van der Waals surface area contributed by atoms with E-state index in [4.69, 9.17) is 9.84 Å². The minimum Gasteiger partial charge on any atom is -0.380 e. The highest BCUT2D eigenvalue weighted by Crippen LogP contribution is 2.30. The zero-order chi connectivity index (χ0) is 22.7. The summed E-state index contributed by atoms with van der Waals surface area (Å²) in [5.74, 6) is 0. The fourth-order valence-corrected chi connectivity index (χ4v) is 5.14. The van der Waals surface area contributed by atoms with E-state index in [0.29, 0.717) is 6.04 Å². The second-order valence-corrected chi connectivity index (χ2v) is 8.92. The van der Waals surface area contributed by atoms with Crippen molar-refractivity contribution >= 4 is 0 Å². The first-order valence-corrected chi connectivity index (χ1v) is 12.1. The Hall–Kier alpha value is -2.43. The fraction of sp³-hybridized carbons (Fsp3) is 0.464. The Morgan fingerprint density at radius 1 is 0.938 bits per heavy atom. The molecule has 0 bridgehead atoms. The van der Waals surface area contributed by atoms with Gasteiger partial charge in [0.15, 0.2) is 0 Å². The van der Waals surface area contributed by atoms with E-state index in [-0.39, 0.29) is 0 Å². The molecular formula is C28H37N3O. The van der Waals surface area contributed by atoms with Crippen LogP contribution in [0.25, 0.3) is 5.69 Å². The van der Waals surface area contributed by atoms with E-state index in [1.165, 1.54) is 44.9 Å². The van der Waals surface area contributed by atoms with Gasteiger partial charge in [0.05, 0.1) is 18.0 Å². The zero-order valence-corrected chi connectivity index (χ0v) is 20.3. The van der Waals surface area contributed by atoms with Crippen molar-refractivity contribution in [3.8, 4) is 5.69 Å². The molecule has 1 atom stereocenters. The van der Waals surface area contributed by atoms with Gasteiger partial charge in [0.25, 0.3) is 0 Å². The highest BCUT2D eigenvalue weighted by Gasteiger charge is 2.29. The van der Waals surface area contributed by atoms with Gasteiger partial charge in [-0.3, -0.25) is 4.90 Å². The Balaban J connectivity index is 1.73. The number of nitrogens with zero attached hydrogens (tertiary/aromatic N) is 3. The average molecular weight is 432 g/mol. The Morgan fingerprint density at radius 2 is 1.66 bits per heavy atom. The predicted octanol–water partition coefficient (Wildman–Crippen LogP) is 5.58. The fourth-order valence-electron chi connectivity index (χ4n) is 5.14. The van der Waals surface area contributed by atoms with Crippen molar-refractivity contribution < 1.29 is 4.74 Å². The summed E-state index contributed by atoms with van der Waals surface area (Å²) < 4.78 is 8.14. The lowest BCUT2D eigenvalue weighted by Gasteiger charge is -2.37. The van der Waals surface area contributed by atoms with E-state index in [1.54, 1.807) is 0 Å². The van der Waals surface area contributed by atoms with Gasteiger partial charge in [0.2, 0.25) is 0 Å². The van der Waals surface area contributed by atoms with Crippen LogP contribution in [0.15, 0.2) is 42.5 Å². The number of para-hydroxylation sites is 1. The van der Waals surface area contributed by atoms with Crippen LogP contribution in [0, 0.1) is 13.8 Å². The van der Waals surface area contributed by atoms with E-state index >= 15 is 0 Å². The normalized spacial score (nSPS) is 16.3. The number of hydrogen-bond donors (Lipinski definition) is 0. The summed E-state index contributed by atoms with van der Waals surface area (Å²) in [4.78, 5) is 2.61. The minimum atomic E-state index is 0.391. The zero-order valence-electron chi connectivity index (χ0n) is 20.3. The number of aryl methyl sites for hydroxylation is 3. The third-order valence-electron chi connectivity index (χ3n) is 6.83. The van der Waals surface area contributed by atoms with Crippen LogP contribution in [0.1, 0.15) is 60.0 Å². The van der Waals surface area contributed by atoms with Crippen LogP contribution in [0.4, 0.5) is 0 Å². The van der Waals surface area contributed by atoms with E-state index in [2.05, 4.69) is 86.7 Å². The lowest BCUT2D eigenvalue weighted by molar-refractivity contribution is 0.0511. The van der Waals surface area contributed by atoms with Gasteiger partial charge in [-0.2, -0.15) is 5.10 Å². The van der Waals surface area contributed by atoms with Crippen LogP contribution in [0.3, 0.4) is 0 Å². The quantitative estimate of drug-likeness (QED) is 0.467. The first kappa shape index (κ1) is 22.8. The van der Waals surface area contributed by atoms with Crippen molar-refractivity contribution in [2.24, 2.45) is 0 Å². The average Bonchev–Trinajstić information content (AvgIpc) is 3.14. The molecule has 0 fully saturated rings. The van der Waals surface area contributed by atoms with Gasteiger partial charge in [-0.05, 0) is 62.3 Å². The van der Waals surface area contributed by atoms with Gasteiger partial charge in [-0.1, -0.05) is 56.3 Å². The van der Waals surface area contributed by atoms with Crippen LogP contribution in [-0.2, 0) is 37.1 Å². The van der Waals surface area contributed by atoms with E-state index < -0.39 is 0 Å². The van der Waals surface area contributed by atoms with Gasteiger partial charge in [-0.15, -0.1) is 0 Å². The van der Waals surface area contributed by atoms with Crippen molar-refractivity contribution in [1.82, 2.24) is 14.7 Å². The number of hydrogen-bond acceptors (Lipinski definition) is 3. The van der Waals surface area contributed by atoms with Gasteiger partial charge in [0, 0.05) is 37.0 Å². The summed E-state index contributed by atoms with van der Waals surface area (Å²) in [6, 6.07) is 15.8. The number of ether oxygens (including phenoxy) is 1. The number of aromatic nitrogens is 2. The lowest BCUT2D eigenvalue weighted by atomic mass is 9.93. The summed E-state index contributed by atoms with van der Waals surface area (Å²) in [5.41, 5.74) is 10.7. The molecule has 32 heavy (non-hydrogen) atoms. The van der Waals surface area contributed by atoms with E-state index in [9.17, 15) is 0 Å². The molecule has 1 aromatic heterocycles. The van der Waals surface area contributed by atoms with Gasteiger partial charge in [0.1, 0.15) is 0 Å². The van der Waals surface area contributed by atoms with Gasteiger partial charge < -0.3 is 4.74 Å². The molecule has 170 valence electrons. The monoisotopic (exact) mass is 431 g/mol. The summed E-state index contributed by atoms with van der Waals surface area (Å²) in [6.45, 7) is 14.4. The summed E-state index contributed by atoms with van der Waals surface area (Å²) in [7, 11) is 0. The molecule has 1 aliphatic rings. The highest BCUT2D eigenvalue weighted by molar-refractivity contribution is 5.49. The molecule has 4 nitrogen and oxygen atoms in total. The Bertz CT molecular complexity index is 1050. The van der Waals surface area contributed by atoms with Crippen molar-refractivity contribution in [2.45, 2.75) is 73.0 Å². The standard InChI is InChI=1S/C28H37N3O/c1-6-26-25(27(7-2)31(29-26)28-20(4)12-11-13-21(28)5)18-30-17-23-15-10-9-14-22(23)16-24(30)19-32-8-3/h9-15,24H,6-8,16-19H2,1-5H3/t24-/m1/s1. The molecule has 3 aromatic rings. The largest absolute Gasteiger partial charge is 0.380 e. The van der Waals surface area contributed by atoms with E-state index in [1.807, 2.05) is 0 Å². The van der Waals surface area contributed by atoms with Crippen molar-refractivity contribution in [1.29, 1.82) is 0 Å². The Morgan fingerprint density at radius 3 is 2.31 bits per heavy atom. The maximum atomic E-state index is 5.91. The van der Waals surface area contributed by atoms with Crippen molar-refractivity contribution in [3.63, 3.8) is 0 Å². The molecule has 2 heterocycles. The maximum absolute atomic E-state index is 5.91. The second-order valence-electron chi connectivity index (χ2n) is 8.92. The van der Waals surface area contributed by atoms with Crippen LogP contribution >= 0.6 is 0 Å². The first-order chi connectivity index (χ1) is 15.6. The van der Waals surface area contributed by atoms with Crippen LogP contribution in [0.2, 0.25) is 0 Å². The molecule has 4 heteroatoms. The number of rotatable bonds is 8. The summed E-state index contributed by atoms with van der Waals surface area (Å²) >= 11 is 0. The van der Waals surface area contributed by atoms with Gasteiger partial charge >= 0.3 is 0 Å². The third-order valence-corrected chi connectivity index (χ3v) is 6.83. The molecule has 0 spiro atoms. The molecule has 4 rings (SSSR count). The lowest BCUT2D eigenvalue weighted by Crippen LogP contribution is -2.43. The number of fused-ring (bicyclic) bond motifs is 1. The molecule has 2 aromatic carbocycles. The minimum absolute atomic E-state index is 0.391. The predicted molar refractivity (Wildman–Crippen MR) is 131 cm³/mol. The maximum Gasteiger partial charge on any atom is 0.0707 e. The smallest absolute Gasteiger partial charge is 0.0707 e. The van der Waals surface area contributed by atoms with Crippen LogP contribution in [0.5, 0.6) is 0 Å². The molecule has 0 aliphatic carbocycles. The highest BCUT2D eigenvalue weighted by atomic mass is 16.5. The SMILES string of the molecule is CCOC[C@H]1Cc2ccccc2CN1Cc1c(CC)nn(-c2c(C)cccc2C)c1CC. The molecule has 0 N–H and O–H groups in total. The molecular weight excluding hydrogens is 394 g/mol. The molecule has 0 unspecified atom stereocenters. The van der Waals surface area contributed by atoms with Crippen LogP contribution < -0.4 is 0 Å². The second kappa shape index (κ2) is 10.0. The Kier molecular flexibility index (Phi) is 7.12. The van der Waals surface area contributed by atoms with Crippen LogP contribution in [-0.4, -0.2) is 33.9 Å². The molecule has 0 amide bonds. The molecule has 0 radical (unpaired) electrons. The van der Waals surface area contributed by atoms with Gasteiger partial charge in [-0.25, -0.2) is 4.68 Å². The third kappa shape index (κ3) is 4.39. The summed E-state index contributed by atoms with van der Waals surface area (Å²) in [6.07, 6.45) is 2.96. The summed E-state index contributed by atoms with van der Waals surface area (Å²) in [5, 5.41) is 5.15. The molecule has 0 saturated carbocycles. The topological polar surface area (TPSA) is 30.3 Å². The van der Waals surface area contributed by atoms with Crippen molar-refractivity contribution in [3.05, 3.63) is 81.7 Å². The van der Waals surface area contributed by atoms with Crippen molar-refractivity contribution in [2.75, 3.05) is 13.2 Å². The number of benzene rings is 2. The first-order valence-electron chi connectivity index (χ1n) is 12.1. The van der Waals surface area contributed by atoms with E-state index in [0.717, 1.165) is 45.6 Å².